The molecule has 0 bridgehead atoms. The van der Waals surface area contributed by atoms with Crippen LogP contribution in [0.15, 0.2) is 48.5 Å². The van der Waals surface area contributed by atoms with Crippen molar-refractivity contribution in [3.63, 3.8) is 0 Å². The molecular formula is C16H17NO2. The van der Waals surface area contributed by atoms with Gasteiger partial charge in [-0.25, -0.2) is 0 Å². The van der Waals surface area contributed by atoms with Crippen molar-refractivity contribution in [1.82, 2.24) is 5.32 Å². The molecule has 1 N–H and O–H groups in total. The summed E-state index contributed by atoms with van der Waals surface area (Å²) in [6, 6.07) is 15.2. The van der Waals surface area contributed by atoms with E-state index in [-0.39, 0.29) is 5.91 Å². The molecule has 0 atom stereocenters. The van der Waals surface area contributed by atoms with Crippen molar-refractivity contribution in [1.29, 1.82) is 0 Å². The van der Waals surface area contributed by atoms with Crippen LogP contribution in [-0.4, -0.2) is 13.0 Å². The molecule has 19 heavy (non-hydrogen) atoms. The zero-order valence-corrected chi connectivity index (χ0v) is 11.1. The molecule has 0 radical (unpaired) electrons. The highest BCUT2D eigenvalue weighted by atomic mass is 16.5. The number of carbonyl (C=O) groups is 1. The van der Waals surface area contributed by atoms with E-state index in [4.69, 9.17) is 4.74 Å². The molecule has 0 aliphatic carbocycles. The first-order chi connectivity index (χ1) is 9.19. The molecule has 2 rings (SSSR count). The molecule has 0 saturated heterocycles. The molecule has 2 aromatic rings. The van der Waals surface area contributed by atoms with Crippen LogP contribution in [0.1, 0.15) is 21.5 Å². The summed E-state index contributed by atoms with van der Waals surface area (Å²) in [5.74, 6) is 0.758. The molecular weight excluding hydrogens is 238 g/mol. The number of benzene rings is 2. The Morgan fingerprint density at radius 2 is 1.89 bits per heavy atom. The minimum Gasteiger partial charge on any atom is -0.497 e. The average Bonchev–Trinajstić information content (AvgIpc) is 2.45. The number of hydrogen-bond acceptors (Lipinski definition) is 2. The number of amides is 1. The predicted octanol–water partition coefficient (Wildman–Crippen LogP) is 2.93. The predicted molar refractivity (Wildman–Crippen MR) is 75.3 cm³/mol. The molecule has 0 aliphatic heterocycles. The molecule has 0 unspecified atom stereocenters. The molecule has 2 aromatic carbocycles. The lowest BCUT2D eigenvalue weighted by molar-refractivity contribution is 0.0951. The number of carbonyl (C=O) groups excluding carboxylic acids is 1. The fraction of sp³-hybridized carbons (Fsp3) is 0.188. The second-order valence-corrected chi connectivity index (χ2v) is 4.40. The number of methoxy groups -OCH3 is 1. The molecule has 0 fully saturated rings. The Morgan fingerprint density at radius 1 is 1.16 bits per heavy atom. The van der Waals surface area contributed by atoms with Gasteiger partial charge in [0.2, 0.25) is 0 Å². The van der Waals surface area contributed by atoms with Gasteiger partial charge in [0.05, 0.1) is 7.11 Å². The minimum absolute atomic E-state index is 0.0560. The quantitative estimate of drug-likeness (QED) is 0.912. The summed E-state index contributed by atoms with van der Waals surface area (Å²) < 4.78 is 5.09. The number of rotatable bonds is 4. The van der Waals surface area contributed by atoms with Gasteiger partial charge in [-0.3, -0.25) is 4.79 Å². The van der Waals surface area contributed by atoms with Crippen LogP contribution in [0.2, 0.25) is 0 Å². The fourth-order valence-electron chi connectivity index (χ4n) is 1.81. The summed E-state index contributed by atoms with van der Waals surface area (Å²) in [5.41, 5.74) is 2.81. The number of ether oxygens (including phenoxy) is 1. The molecule has 3 nitrogen and oxygen atoms in total. The lowest BCUT2D eigenvalue weighted by Crippen LogP contribution is -2.22. The highest BCUT2D eigenvalue weighted by Gasteiger charge is 2.04. The smallest absolute Gasteiger partial charge is 0.251 e. The first-order valence-electron chi connectivity index (χ1n) is 6.17. The highest BCUT2D eigenvalue weighted by molar-refractivity contribution is 5.94. The van der Waals surface area contributed by atoms with E-state index in [0.717, 1.165) is 16.9 Å². The van der Waals surface area contributed by atoms with Crippen LogP contribution >= 0.6 is 0 Å². The average molecular weight is 255 g/mol. The zero-order chi connectivity index (χ0) is 13.7. The first kappa shape index (κ1) is 13.1. The number of nitrogens with one attached hydrogen (secondary N) is 1. The molecule has 0 heterocycles. The van der Waals surface area contributed by atoms with Crippen molar-refractivity contribution >= 4 is 5.91 Å². The highest BCUT2D eigenvalue weighted by Crippen LogP contribution is 2.11. The van der Waals surface area contributed by atoms with Gasteiger partial charge < -0.3 is 10.1 Å². The van der Waals surface area contributed by atoms with Gasteiger partial charge in [0, 0.05) is 12.1 Å². The van der Waals surface area contributed by atoms with Crippen molar-refractivity contribution in [3.8, 4) is 5.75 Å². The van der Waals surface area contributed by atoms with E-state index in [1.165, 1.54) is 0 Å². The second-order valence-electron chi connectivity index (χ2n) is 4.40. The van der Waals surface area contributed by atoms with Crippen molar-refractivity contribution < 1.29 is 9.53 Å². The Hall–Kier alpha value is -2.29. The van der Waals surface area contributed by atoms with Crippen LogP contribution in [0, 0.1) is 6.92 Å². The van der Waals surface area contributed by atoms with Gasteiger partial charge in [0.1, 0.15) is 5.75 Å². The van der Waals surface area contributed by atoms with Crippen LogP contribution in [0.5, 0.6) is 5.75 Å². The van der Waals surface area contributed by atoms with Crippen molar-refractivity contribution in [2.75, 3.05) is 7.11 Å². The van der Waals surface area contributed by atoms with Gasteiger partial charge in [-0.1, -0.05) is 29.8 Å². The van der Waals surface area contributed by atoms with E-state index < -0.39 is 0 Å². The lowest BCUT2D eigenvalue weighted by atomic mass is 10.1. The van der Waals surface area contributed by atoms with Crippen molar-refractivity contribution in [2.24, 2.45) is 0 Å². The molecule has 0 saturated carbocycles. The summed E-state index contributed by atoms with van der Waals surface area (Å²) in [6.45, 7) is 2.48. The third kappa shape index (κ3) is 3.58. The normalized spacial score (nSPS) is 10.0. The van der Waals surface area contributed by atoms with Gasteiger partial charge in [-0.2, -0.15) is 0 Å². The molecule has 0 spiro atoms. The maximum Gasteiger partial charge on any atom is 0.251 e. The molecule has 1 amide bonds. The summed E-state index contributed by atoms with van der Waals surface area (Å²) in [4.78, 5) is 12.0. The van der Waals surface area contributed by atoms with Crippen LogP contribution in [0.25, 0.3) is 0 Å². The SMILES string of the molecule is COc1ccc(CNC(=O)c2cccc(C)c2)cc1. The van der Waals surface area contributed by atoms with Crippen LogP contribution < -0.4 is 10.1 Å². The number of aryl methyl sites for hydroxylation is 1. The number of hydrogen-bond donors (Lipinski definition) is 1. The van der Waals surface area contributed by atoms with E-state index in [0.29, 0.717) is 12.1 Å². The largest absolute Gasteiger partial charge is 0.497 e. The third-order valence-electron chi connectivity index (χ3n) is 2.89. The lowest BCUT2D eigenvalue weighted by Gasteiger charge is -2.07. The van der Waals surface area contributed by atoms with Crippen LogP contribution in [0.4, 0.5) is 0 Å². The van der Waals surface area contributed by atoms with Gasteiger partial charge in [0.15, 0.2) is 0 Å². The Labute approximate surface area is 113 Å². The Morgan fingerprint density at radius 3 is 2.53 bits per heavy atom. The molecule has 0 aliphatic rings. The molecule has 98 valence electrons. The van der Waals surface area contributed by atoms with E-state index in [2.05, 4.69) is 5.32 Å². The topological polar surface area (TPSA) is 38.3 Å². The monoisotopic (exact) mass is 255 g/mol. The summed E-state index contributed by atoms with van der Waals surface area (Å²) in [5, 5.41) is 2.90. The molecule has 0 aromatic heterocycles. The summed E-state index contributed by atoms with van der Waals surface area (Å²) in [6.07, 6.45) is 0. The third-order valence-corrected chi connectivity index (χ3v) is 2.89. The van der Waals surface area contributed by atoms with E-state index in [1.807, 2.05) is 55.5 Å². The zero-order valence-electron chi connectivity index (χ0n) is 11.1. The van der Waals surface area contributed by atoms with E-state index in [1.54, 1.807) is 7.11 Å². The standard InChI is InChI=1S/C16H17NO2/c1-12-4-3-5-14(10-12)16(18)17-11-13-6-8-15(19-2)9-7-13/h3-10H,11H2,1-2H3,(H,17,18). The van der Waals surface area contributed by atoms with Gasteiger partial charge in [0.25, 0.3) is 5.91 Å². The van der Waals surface area contributed by atoms with Gasteiger partial charge in [-0.05, 0) is 36.8 Å². The summed E-state index contributed by atoms with van der Waals surface area (Å²) >= 11 is 0. The first-order valence-corrected chi connectivity index (χ1v) is 6.17. The van der Waals surface area contributed by atoms with Crippen LogP contribution in [-0.2, 0) is 6.54 Å². The maximum absolute atomic E-state index is 12.0. The fourth-order valence-corrected chi connectivity index (χ4v) is 1.81. The van der Waals surface area contributed by atoms with Gasteiger partial charge >= 0.3 is 0 Å². The second kappa shape index (κ2) is 6.05. The Kier molecular flexibility index (Phi) is 4.18. The van der Waals surface area contributed by atoms with Gasteiger partial charge in [-0.15, -0.1) is 0 Å². The Balaban J connectivity index is 1.96. The van der Waals surface area contributed by atoms with Crippen LogP contribution in [0.3, 0.4) is 0 Å². The Bertz CT molecular complexity index is 561. The minimum atomic E-state index is -0.0560. The molecule has 3 heteroatoms. The summed E-state index contributed by atoms with van der Waals surface area (Å²) in [7, 11) is 1.63. The van der Waals surface area contributed by atoms with Crippen molar-refractivity contribution in [2.45, 2.75) is 13.5 Å². The maximum atomic E-state index is 12.0. The van der Waals surface area contributed by atoms with Crippen molar-refractivity contribution in [3.05, 3.63) is 65.2 Å². The van der Waals surface area contributed by atoms with E-state index >= 15 is 0 Å². The van der Waals surface area contributed by atoms with E-state index in [9.17, 15) is 4.79 Å².